The lowest BCUT2D eigenvalue weighted by atomic mass is 9.68. The molecule has 0 saturated carbocycles. The molecular formula is C19H30O7. The Hall–Kier alpha value is -1.09. The average molecular weight is 370 g/mol. The molecule has 0 aromatic heterocycles. The van der Waals surface area contributed by atoms with E-state index in [1.165, 1.54) is 0 Å². The largest absolute Gasteiger partial charge is 0.394 e. The predicted molar refractivity (Wildman–Crippen MR) is 94.1 cm³/mol. The molecule has 0 unspecified atom stereocenters. The van der Waals surface area contributed by atoms with E-state index in [0.29, 0.717) is 6.42 Å². The number of ether oxygens (including phenoxy) is 2. The van der Waals surface area contributed by atoms with Crippen LogP contribution >= 0.6 is 0 Å². The number of ketones is 1. The van der Waals surface area contributed by atoms with Crippen molar-refractivity contribution < 1.29 is 34.7 Å². The number of hydrogen-bond donors (Lipinski definition) is 4. The van der Waals surface area contributed by atoms with Gasteiger partial charge >= 0.3 is 0 Å². The van der Waals surface area contributed by atoms with Crippen LogP contribution < -0.4 is 0 Å². The minimum atomic E-state index is -1.46. The molecule has 0 aromatic rings. The third kappa shape index (κ3) is 4.60. The molecule has 7 atom stereocenters. The molecule has 0 amide bonds. The maximum absolute atomic E-state index is 11.8. The highest BCUT2D eigenvalue weighted by molar-refractivity contribution is 5.92. The lowest BCUT2D eigenvalue weighted by Gasteiger charge is -2.40. The highest BCUT2D eigenvalue weighted by atomic mass is 16.7. The number of hydrogen-bond acceptors (Lipinski definition) is 7. The summed E-state index contributed by atoms with van der Waals surface area (Å²) in [5.41, 5.74) is 0.789. The molecule has 7 heteroatoms. The van der Waals surface area contributed by atoms with Crippen LogP contribution in [0.15, 0.2) is 23.8 Å². The summed E-state index contributed by atoms with van der Waals surface area (Å²) in [6.45, 7) is 7.28. The van der Waals surface area contributed by atoms with Crippen molar-refractivity contribution in [3.63, 3.8) is 0 Å². The number of rotatable bonds is 5. The van der Waals surface area contributed by atoms with Crippen molar-refractivity contribution in [1.29, 1.82) is 0 Å². The molecule has 0 radical (unpaired) electrons. The van der Waals surface area contributed by atoms with E-state index in [2.05, 4.69) is 0 Å². The molecule has 4 N–H and O–H groups in total. The second-order valence-electron chi connectivity index (χ2n) is 7.92. The lowest BCUT2D eigenvalue weighted by molar-refractivity contribution is -0.306. The smallest absolute Gasteiger partial charge is 0.187 e. The molecule has 7 nitrogen and oxygen atoms in total. The Morgan fingerprint density at radius 3 is 2.54 bits per heavy atom. The summed E-state index contributed by atoms with van der Waals surface area (Å²) in [4.78, 5) is 11.8. The van der Waals surface area contributed by atoms with Gasteiger partial charge in [0.05, 0.1) is 12.7 Å². The van der Waals surface area contributed by atoms with Crippen LogP contribution in [-0.4, -0.2) is 69.6 Å². The van der Waals surface area contributed by atoms with Crippen molar-refractivity contribution >= 4 is 5.78 Å². The Morgan fingerprint density at radius 1 is 1.31 bits per heavy atom. The molecule has 26 heavy (non-hydrogen) atoms. The third-order valence-corrected chi connectivity index (χ3v) is 5.12. The van der Waals surface area contributed by atoms with Crippen molar-refractivity contribution in [2.45, 2.75) is 70.9 Å². The van der Waals surface area contributed by atoms with E-state index in [1.54, 1.807) is 13.0 Å². The summed E-state index contributed by atoms with van der Waals surface area (Å²) in [6.07, 6.45) is -0.958. The maximum atomic E-state index is 11.8. The van der Waals surface area contributed by atoms with Crippen LogP contribution in [0, 0.1) is 11.3 Å². The Kier molecular flexibility index (Phi) is 6.76. The van der Waals surface area contributed by atoms with Crippen LogP contribution in [0.5, 0.6) is 0 Å². The fourth-order valence-corrected chi connectivity index (χ4v) is 3.69. The van der Waals surface area contributed by atoms with Crippen molar-refractivity contribution in [2.75, 3.05) is 6.61 Å². The zero-order valence-corrected chi connectivity index (χ0v) is 15.7. The average Bonchev–Trinajstić information content (AvgIpc) is 2.53. The summed E-state index contributed by atoms with van der Waals surface area (Å²) < 4.78 is 11.0. The van der Waals surface area contributed by atoms with E-state index in [9.17, 15) is 25.2 Å². The van der Waals surface area contributed by atoms with Crippen LogP contribution in [0.4, 0.5) is 0 Å². The van der Waals surface area contributed by atoms with E-state index in [4.69, 9.17) is 9.47 Å². The van der Waals surface area contributed by atoms with Crippen LogP contribution in [0.2, 0.25) is 0 Å². The highest BCUT2D eigenvalue weighted by Gasteiger charge is 2.44. The van der Waals surface area contributed by atoms with E-state index < -0.39 is 43.4 Å². The predicted octanol–water partition coefficient (Wildman–Crippen LogP) is 0.309. The lowest BCUT2D eigenvalue weighted by Crippen LogP contribution is -2.59. The summed E-state index contributed by atoms with van der Waals surface area (Å²) in [7, 11) is 0. The SMILES string of the molecule is CC1=CC(=O)CC(C)(C)[C@H]1/C=C/[C@@H](C)O[C@@H]1O[C@H](CO)[C@@H](O)[C@H](O)[C@H]1O. The van der Waals surface area contributed by atoms with Crippen LogP contribution in [0.3, 0.4) is 0 Å². The standard InChI is InChI=1S/C19H30O7/c1-10-7-12(21)8-19(3,4)13(10)6-5-11(2)25-18-17(24)16(23)15(22)14(9-20)26-18/h5-7,11,13-18,20,22-24H,8-9H2,1-4H3/b6-5+/t11-,13+,14-,15-,16+,17-,18-/m1/s1. The first-order valence-corrected chi connectivity index (χ1v) is 8.92. The molecule has 0 bridgehead atoms. The summed E-state index contributed by atoms with van der Waals surface area (Å²) in [5.74, 6) is 0.212. The fraction of sp³-hybridized carbons (Fsp3) is 0.737. The van der Waals surface area contributed by atoms with Crippen molar-refractivity contribution in [3.8, 4) is 0 Å². The van der Waals surface area contributed by atoms with E-state index in [-0.39, 0.29) is 17.1 Å². The number of allylic oxidation sites excluding steroid dienone is 3. The van der Waals surface area contributed by atoms with E-state index in [1.807, 2.05) is 32.9 Å². The van der Waals surface area contributed by atoms with Gasteiger partial charge in [-0.2, -0.15) is 0 Å². The van der Waals surface area contributed by atoms with Crippen LogP contribution in [0.25, 0.3) is 0 Å². The molecule has 2 aliphatic rings. The minimum absolute atomic E-state index is 0.0843. The molecule has 148 valence electrons. The maximum Gasteiger partial charge on any atom is 0.187 e. The molecule has 1 aliphatic carbocycles. The molecular weight excluding hydrogens is 340 g/mol. The number of aliphatic hydroxyl groups excluding tert-OH is 4. The number of aliphatic hydroxyl groups is 4. The van der Waals surface area contributed by atoms with Crippen molar-refractivity contribution in [3.05, 3.63) is 23.8 Å². The minimum Gasteiger partial charge on any atom is -0.394 e. The van der Waals surface area contributed by atoms with Crippen LogP contribution in [0.1, 0.15) is 34.1 Å². The quantitative estimate of drug-likeness (QED) is 0.515. The van der Waals surface area contributed by atoms with Gasteiger partial charge in [-0.15, -0.1) is 0 Å². The van der Waals surface area contributed by atoms with Crippen LogP contribution in [-0.2, 0) is 14.3 Å². The highest BCUT2D eigenvalue weighted by Crippen LogP contribution is 2.40. The zero-order valence-electron chi connectivity index (χ0n) is 15.7. The summed E-state index contributed by atoms with van der Waals surface area (Å²) >= 11 is 0. The van der Waals surface area contributed by atoms with Crippen molar-refractivity contribution in [1.82, 2.24) is 0 Å². The Balaban J connectivity index is 2.03. The van der Waals surface area contributed by atoms with E-state index in [0.717, 1.165) is 5.57 Å². The van der Waals surface area contributed by atoms with Gasteiger partial charge in [-0.1, -0.05) is 31.6 Å². The van der Waals surface area contributed by atoms with Gasteiger partial charge in [-0.3, -0.25) is 4.79 Å². The van der Waals surface area contributed by atoms with Gasteiger partial charge in [0.15, 0.2) is 12.1 Å². The second kappa shape index (κ2) is 8.29. The first-order chi connectivity index (χ1) is 12.1. The van der Waals surface area contributed by atoms with Gasteiger partial charge in [0.1, 0.15) is 24.4 Å². The van der Waals surface area contributed by atoms with Gasteiger partial charge in [-0.05, 0) is 25.3 Å². The number of carbonyl (C=O) groups excluding carboxylic acids is 1. The second-order valence-corrected chi connectivity index (χ2v) is 7.92. The molecule has 1 saturated heterocycles. The normalized spacial score (nSPS) is 39.1. The Labute approximate surface area is 153 Å². The first kappa shape index (κ1) is 21.2. The van der Waals surface area contributed by atoms with Gasteiger partial charge in [0.2, 0.25) is 0 Å². The number of carbonyl (C=O) groups is 1. The van der Waals surface area contributed by atoms with Gasteiger partial charge < -0.3 is 29.9 Å². The van der Waals surface area contributed by atoms with Gasteiger partial charge in [0, 0.05) is 12.3 Å². The Morgan fingerprint density at radius 2 is 1.96 bits per heavy atom. The van der Waals surface area contributed by atoms with Gasteiger partial charge in [0.25, 0.3) is 0 Å². The van der Waals surface area contributed by atoms with Gasteiger partial charge in [-0.25, -0.2) is 0 Å². The summed E-state index contributed by atoms with van der Waals surface area (Å²) in [6, 6.07) is 0. The molecule has 1 heterocycles. The zero-order chi connectivity index (χ0) is 19.6. The molecule has 1 aliphatic heterocycles. The topological polar surface area (TPSA) is 116 Å². The molecule has 2 rings (SSSR count). The summed E-state index contributed by atoms with van der Waals surface area (Å²) in [5, 5.41) is 38.9. The Bertz CT molecular complexity index is 566. The monoisotopic (exact) mass is 370 g/mol. The van der Waals surface area contributed by atoms with Crippen molar-refractivity contribution in [2.24, 2.45) is 11.3 Å². The van der Waals surface area contributed by atoms with E-state index >= 15 is 0 Å². The molecule has 0 spiro atoms. The first-order valence-electron chi connectivity index (χ1n) is 8.92. The molecule has 1 fully saturated rings. The molecule has 0 aromatic carbocycles. The fourth-order valence-electron chi connectivity index (χ4n) is 3.69. The third-order valence-electron chi connectivity index (χ3n) is 5.12.